The standard InChI is InChI=1S/C17H21NO4.ClH/c19-15-17(21-16(20-15)9-5-2-6-10-16)12-14(18-22-17)11-13-7-3-1-4-8-13;/h1,3-4,7-8,14,18H,2,5-6,9-12H2;1H/t14-,17+;/m0./s1. The molecule has 0 radical (unpaired) electrons. The largest absolute Gasteiger partial charge is 1.00 e. The third kappa shape index (κ3) is 3.11. The molecule has 2 N–H and O–H groups in total. The van der Waals surface area contributed by atoms with Gasteiger partial charge in [-0.25, -0.2) is 4.79 Å². The number of nitrogens with two attached hydrogens (primary N) is 1. The van der Waals surface area contributed by atoms with Crippen molar-refractivity contribution in [2.75, 3.05) is 0 Å². The van der Waals surface area contributed by atoms with Crippen LogP contribution in [0.4, 0.5) is 0 Å². The van der Waals surface area contributed by atoms with Gasteiger partial charge in [-0.15, -0.1) is 0 Å². The number of hydrogen-bond donors (Lipinski definition) is 1. The lowest BCUT2D eigenvalue weighted by Crippen LogP contribution is -3.00. The number of carbonyl (C=O) groups excluding carboxylic acids is 1. The van der Waals surface area contributed by atoms with E-state index in [1.54, 1.807) is 5.48 Å². The van der Waals surface area contributed by atoms with Crippen molar-refractivity contribution in [1.29, 1.82) is 0 Å². The van der Waals surface area contributed by atoms with Crippen molar-refractivity contribution in [2.45, 2.75) is 62.6 Å². The number of hydroxylamine groups is 1. The van der Waals surface area contributed by atoms with Crippen LogP contribution in [0.2, 0.25) is 0 Å². The first-order valence-corrected chi connectivity index (χ1v) is 8.19. The third-order valence-electron chi connectivity index (χ3n) is 4.88. The summed E-state index contributed by atoms with van der Waals surface area (Å²) < 4.78 is 11.7. The number of hydrogen-bond acceptors (Lipinski definition) is 4. The van der Waals surface area contributed by atoms with Crippen LogP contribution in [0.15, 0.2) is 30.3 Å². The van der Waals surface area contributed by atoms with E-state index in [0.717, 1.165) is 32.1 Å². The Labute approximate surface area is 142 Å². The number of benzene rings is 1. The highest BCUT2D eigenvalue weighted by atomic mass is 35.5. The maximum absolute atomic E-state index is 12.4. The predicted molar refractivity (Wildman–Crippen MR) is 77.3 cm³/mol. The molecule has 0 bridgehead atoms. The van der Waals surface area contributed by atoms with Crippen molar-refractivity contribution in [3.63, 3.8) is 0 Å². The first-order chi connectivity index (χ1) is 10.7. The zero-order valence-corrected chi connectivity index (χ0v) is 13.8. The Morgan fingerprint density at radius 1 is 1.13 bits per heavy atom. The second-order valence-corrected chi connectivity index (χ2v) is 6.62. The topological polar surface area (TPSA) is 61.4 Å². The van der Waals surface area contributed by atoms with Crippen LogP contribution in [-0.4, -0.2) is 23.6 Å². The van der Waals surface area contributed by atoms with Gasteiger partial charge in [0.2, 0.25) is 5.79 Å². The number of esters is 1. The molecule has 23 heavy (non-hydrogen) atoms. The van der Waals surface area contributed by atoms with Gasteiger partial charge in [-0.1, -0.05) is 36.8 Å². The molecular formula is C17H22ClNO4. The summed E-state index contributed by atoms with van der Waals surface area (Å²) in [4.78, 5) is 18.1. The van der Waals surface area contributed by atoms with E-state index in [2.05, 4.69) is 12.1 Å². The van der Waals surface area contributed by atoms with Gasteiger partial charge in [0.05, 0.1) is 6.42 Å². The lowest BCUT2D eigenvalue weighted by molar-refractivity contribution is -0.911. The van der Waals surface area contributed by atoms with Crippen LogP contribution in [0.3, 0.4) is 0 Å². The van der Waals surface area contributed by atoms with Gasteiger partial charge in [0.15, 0.2) is 0 Å². The molecule has 1 aliphatic carbocycles. The summed E-state index contributed by atoms with van der Waals surface area (Å²) in [6.45, 7) is 0. The van der Waals surface area contributed by atoms with E-state index in [4.69, 9.17) is 14.3 Å². The lowest BCUT2D eigenvalue weighted by Gasteiger charge is -2.30. The molecule has 5 nitrogen and oxygen atoms in total. The van der Waals surface area contributed by atoms with E-state index in [9.17, 15) is 4.79 Å². The maximum atomic E-state index is 12.4. The quantitative estimate of drug-likeness (QED) is 0.661. The van der Waals surface area contributed by atoms with Gasteiger partial charge in [0.25, 0.3) is 0 Å². The fraction of sp³-hybridized carbons (Fsp3) is 0.588. The van der Waals surface area contributed by atoms with Crippen molar-refractivity contribution in [3.05, 3.63) is 35.9 Å². The summed E-state index contributed by atoms with van der Waals surface area (Å²) in [5, 5.41) is 0. The van der Waals surface area contributed by atoms with Crippen LogP contribution in [0.5, 0.6) is 0 Å². The van der Waals surface area contributed by atoms with E-state index < -0.39 is 11.6 Å². The Hall–Kier alpha value is -1.14. The first kappa shape index (κ1) is 16.7. The average molecular weight is 340 g/mol. The number of carbonyl (C=O) groups is 1. The molecule has 2 saturated heterocycles. The molecule has 2 heterocycles. The monoisotopic (exact) mass is 339 g/mol. The van der Waals surface area contributed by atoms with Gasteiger partial charge in [-0.2, -0.15) is 10.3 Å². The van der Waals surface area contributed by atoms with Gasteiger partial charge in [-0.05, 0) is 18.4 Å². The summed E-state index contributed by atoms with van der Waals surface area (Å²) in [6.07, 6.45) is 6.23. The first-order valence-electron chi connectivity index (χ1n) is 8.19. The highest BCUT2D eigenvalue weighted by Gasteiger charge is 2.65. The van der Waals surface area contributed by atoms with E-state index in [-0.39, 0.29) is 24.4 Å². The van der Waals surface area contributed by atoms with Crippen LogP contribution in [-0.2, 0) is 25.5 Å². The van der Waals surface area contributed by atoms with Crippen LogP contribution < -0.4 is 17.9 Å². The summed E-state index contributed by atoms with van der Waals surface area (Å²) in [7, 11) is 0. The van der Waals surface area contributed by atoms with Crippen LogP contribution in [0.1, 0.15) is 44.1 Å². The predicted octanol–water partition coefficient (Wildman–Crippen LogP) is -1.57. The molecule has 1 aromatic carbocycles. The zero-order chi connectivity index (χ0) is 15.0. The molecular weight excluding hydrogens is 318 g/mol. The molecule has 3 fully saturated rings. The van der Waals surface area contributed by atoms with Crippen LogP contribution in [0.25, 0.3) is 0 Å². The van der Waals surface area contributed by atoms with Crippen molar-refractivity contribution in [3.8, 4) is 0 Å². The van der Waals surface area contributed by atoms with Crippen LogP contribution in [0, 0.1) is 0 Å². The number of halogens is 1. The Morgan fingerprint density at radius 3 is 2.61 bits per heavy atom. The smallest absolute Gasteiger partial charge is 0.375 e. The van der Waals surface area contributed by atoms with Crippen molar-refractivity contribution >= 4 is 5.97 Å². The van der Waals surface area contributed by atoms with E-state index in [1.807, 2.05) is 18.2 Å². The average Bonchev–Trinajstić information content (AvgIpc) is 3.03. The second-order valence-electron chi connectivity index (χ2n) is 6.62. The third-order valence-corrected chi connectivity index (χ3v) is 4.88. The minimum atomic E-state index is -1.20. The van der Waals surface area contributed by atoms with Gasteiger partial charge in [-0.3, -0.25) is 4.74 Å². The highest BCUT2D eigenvalue weighted by Crippen LogP contribution is 2.45. The number of rotatable bonds is 2. The zero-order valence-electron chi connectivity index (χ0n) is 13.0. The fourth-order valence-corrected chi connectivity index (χ4v) is 3.79. The molecule has 4 rings (SSSR count). The fourth-order valence-electron chi connectivity index (χ4n) is 3.79. The molecule has 6 heteroatoms. The normalized spacial score (nSPS) is 32.0. The molecule has 0 unspecified atom stereocenters. The molecule has 3 aliphatic rings. The molecule has 0 aromatic heterocycles. The molecule has 2 aliphatic heterocycles. The van der Waals surface area contributed by atoms with Crippen LogP contribution >= 0.6 is 0 Å². The van der Waals surface area contributed by atoms with E-state index in [0.29, 0.717) is 6.42 Å². The second kappa shape index (κ2) is 6.40. The Morgan fingerprint density at radius 2 is 1.87 bits per heavy atom. The Bertz CT molecular complexity index is 561. The minimum absolute atomic E-state index is 0. The summed E-state index contributed by atoms with van der Waals surface area (Å²) in [5.41, 5.74) is 3.00. The molecule has 2 atom stereocenters. The molecule has 126 valence electrons. The Kier molecular flexibility index (Phi) is 4.65. The van der Waals surface area contributed by atoms with Gasteiger partial charge >= 0.3 is 11.8 Å². The SMILES string of the molecule is O=C1OC2(CCCCC2)O[C@@]12C[C@H](Cc1ccccc1)[NH2+]O2.[Cl-]. The van der Waals surface area contributed by atoms with Crippen molar-refractivity contribution in [1.82, 2.24) is 0 Å². The molecule has 0 amide bonds. The highest BCUT2D eigenvalue weighted by molar-refractivity contribution is 5.80. The summed E-state index contributed by atoms with van der Waals surface area (Å²) in [6, 6.07) is 10.4. The summed E-state index contributed by atoms with van der Waals surface area (Å²) in [5.74, 6) is -2.28. The van der Waals surface area contributed by atoms with Crippen molar-refractivity contribution < 1.29 is 37.0 Å². The van der Waals surface area contributed by atoms with Gasteiger partial charge < -0.3 is 17.1 Å². The van der Waals surface area contributed by atoms with E-state index in [1.165, 1.54) is 12.0 Å². The summed E-state index contributed by atoms with van der Waals surface area (Å²) >= 11 is 0. The molecule has 1 aromatic rings. The van der Waals surface area contributed by atoms with E-state index >= 15 is 0 Å². The number of ether oxygens (including phenoxy) is 2. The number of quaternary nitrogens is 1. The molecule has 2 spiro atoms. The minimum Gasteiger partial charge on any atom is -1.00 e. The van der Waals surface area contributed by atoms with Crippen molar-refractivity contribution in [2.24, 2.45) is 0 Å². The van der Waals surface area contributed by atoms with Gasteiger partial charge in [0.1, 0.15) is 6.04 Å². The lowest BCUT2D eigenvalue weighted by atomic mass is 9.94. The Balaban J connectivity index is 0.00000156. The van der Waals surface area contributed by atoms with Gasteiger partial charge in [0, 0.05) is 19.3 Å². The maximum Gasteiger partial charge on any atom is 0.375 e. The molecule has 1 saturated carbocycles.